The van der Waals surface area contributed by atoms with Crippen molar-refractivity contribution in [3.63, 3.8) is 0 Å². The van der Waals surface area contributed by atoms with E-state index >= 15 is 0 Å². The Morgan fingerprint density at radius 1 is 1.33 bits per heavy atom. The summed E-state index contributed by atoms with van der Waals surface area (Å²) in [5.74, 6) is 0. The smallest absolute Gasteiger partial charge is 0.156 e. The summed E-state index contributed by atoms with van der Waals surface area (Å²) in [4.78, 5) is 4.32. The molecule has 4 rings (SSSR count). The summed E-state index contributed by atoms with van der Waals surface area (Å²) in [7, 11) is -3.05. The Kier molecular flexibility index (Phi) is 2.54. The molecule has 112 valence electrons. The summed E-state index contributed by atoms with van der Waals surface area (Å²) >= 11 is 0. The van der Waals surface area contributed by atoms with Crippen LogP contribution < -0.4 is 0 Å². The van der Waals surface area contributed by atoms with Crippen molar-refractivity contribution in [1.82, 2.24) is 14.6 Å². The monoisotopic (exact) mass is 307 g/mol. The van der Waals surface area contributed by atoms with Crippen molar-refractivity contribution < 1.29 is 13.5 Å². The zero-order valence-corrected chi connectivity index (χ0v) is 12.5. The SMILES string of the molecule is Cc1cc2ncc(C3(O)CC4CCC(C3)S4(=O)=O)cn2n1. The van der Waals surface area contributed by atoms with Gasteiger partial charge in [0, 0.05) is 24.0 Å². The van der Waals surface area contributed by atoms with Crippen LogP contribution in [-0.4, -0.2) is 38.6 Å². The highest BCUT2D eigenvalue weighted by atomic mass is 32.2. The number of nitrogens with zero attached hydrogens (tertiary/aromatic N) is 3. The van der Waals surface area contributed by atoms with Crippen molar-refractivity contribution in [1.29, 1.82) is 0 Å². The first-order valence-corrected chi connectivity index (χ1v) is 8.77. The summed E-state index contributed by atoms with van der Waals surface area (Å²) in [6.45, 7) is 1.89. The fourth-order valence-corrected chi connectivity index (χ4v) is 6.21. The predicted molar refractivity (Wildman–Crippen MR) is 76.6 cm³/mol. The number of rotatable bonds is 1. The van der Waals surface area contributed by atoms with Crippen LogP contribution in [0.2, 0.25) is 0 Å². The normalized spacial score (nSPS) is 34.4. The highest BCUT2D eigenvalue weighted by Gasteiger charge is 2.53. The number of hydrogen-bond donors (Lipinski definition) is 1. The number of aromatic nitrogens is 3. The van der Waals surface area contributed by atoms with E-state index in [0.717, 1.165) is 11.3 Å². The molecule has 2 atom stereocenters. The van der Waals surface area contributed by atoms with Crippen LogP contribution in [0.5, 0.6) is 0 Å². The van der Waals surface area contributed by atoms with Gasteiger partial charge in [0.1, 0.15) is 0 Å². The van der Waals surface area contributed by atoms with Gasteiger partial charge in [-0.05, 0) is 32.6 Å². The largest absolute Gasteiger partial charge is 0.385 e. The van der Waals surface area contributed by atoms with E-state index in [1.807, 2.05) is 13.0 Å². The standard InChI is InChI=1S/C14H17N3O3S/c1-9-4-13-15-7-10(8-17(13)16-9)14(18)5-11-2-3-12(6-14)21(11,19)20/h4,7-8,11-12,18H,2-3,5-6H2,1H3. The lowest BCUT2D eigenvalue weighted by molar-refractivity contribution is 0.0165. The predicted octanol–water partition coefficient (Wildman–Crippen LogP) is 0.965. The van der Waals surface area contributed by atoms with E-state index in [-0.39, 0.29) is 12.8 Å². The lowest BCUT2D eigenvalue weighted by atomic mass is 9.88. The third-order valence-corrected chi connectivity index (χ3v) is 7.51. The summed E-state index contributed by atoms with van der Waals surface area (Å²) in [6, 6.07) is 1.86. The molecule has 0 aromatic carbocycles. The zero-order chi connectivity index (χ0) is 14.8. The van der Waals surface area contributed by atoms with Crippen molar-refractivity contribution in [2.24, 2.45) is 0 Å². The van der Waals surface area contributed by atoms with Crippen LogP contribution in [0, 0.1) is 6.92 Å². The summed E-state index contributed by atoms with van der Waals surface area (Å²) in [5, 5.41) is 14.4. The summed E-state index contributed by atoms with van der Waals surface area (Å²) in [5.41, 5.74) is 1.13. The van der Waals surface area contributed by atoms with Gasteiger partial charge >= 0.3 is 0 Å². The van der Waals surface area contributed by atoms with Crippen molar-refractivity contribution in [3.8, 4) is 0 Å². The highest BCUT2D eigenvalue weighted by Crippen LogP contribution is 2.47. The minimum Gasteiger partial charge on any atom is -0.385 e. The van der Waals surface area contributed by atoms with Crippen molar-refractivity contribution in [3.05, 3.63) is 29.7 Å². The Morgan fingerprint density at radius 3 is 2.67 bits per heavy atom. The van der Waals surface area contributed by atoms with Crippen LogP contribution in [0.1, 0.15) is 36.9 Å². The minimum absolute atomic E-state index is 0.263. The Balaban J connectivity index is 1.77. The molecule has 2 aromatic heterocycles. The third-order valence-electron chi connectivity index (χ3n) is 4.84. The second kappa shape index (κ2) is 4.04. The van der Waals surface area contributed by atoms with Crippen LogP contribution in [0.15, 0.2) is 18.5 Å². The van der Waals surface area contributed by atoms with Crippen LogP contribution in [-0.2, 0) is 15.4 Å². The average Bonchev–Trinajstić information content (AvgIpc) is 2.82. The second-order valence-electron chi connectivity index (χ2n) is 6.28. The first kappa shape index (κ1) is 13.2. The molecule has 2 saturated heterocycles. The van der Waals surface area contributed by atoms with Crippen LogP contribution in [0.4, 0.5) is 0 Å². The Bertz CT molecular complexity index is 807. The molecule has 0 radical (unpaired) electrons. The van der Waals surface area contributed by atoms with Crippen LogP contribution in [0.3, 0.4) is 0 Å². The van der Waals surface area contributed by atoms with E-state index in [1.54, 1.807) is 16.9 Å². The molecule has 2 fully saturated rings. The van der Waals surface area contributed by atoms with Crippen LogP contribution >= 0.6 is 0 Å². The van der Waals surface area contributed by atoms with E-state index in [2.05, 4.69) is 10.1 Å². The van der Waals surface area contributed by atoms with Gasteiger partial charge in [-0.25, -0.2) is 17.9 Å². The molecule has 0 aliphatic carbocycles. The molecule has 21 heavy (non-hydrogen) atoms. The molecule has 2 unspecified atom stereocenters. The van der Waals surface area contributed by atoms with Crippen molar-refractivity contribution in [2.45, 2.75) is 48.7 Å². The summed E-state index contributed by atoms with van der Waals surface area (Å²) in [6.07, 6.45) is 5.26. The lowest BCUT2D eigenvalue weighted by Gasteiger charge is -2.36. The Morgan fingerprint density at radius 2 is 2.00 bits per heavy atom. The minimum atomic E-state index is -3.05. The maximum Gasteiger partial charge on any atom is 0.156 e. The molecular formula is C14H17N3O3S. The maximum atomic E-state index is 12.2. The van der Waals surface area contributed by atoms with E-state index in [4.69, 9.17) is 0 Å². The van der Waals surface area contributed by atoms with Gasteiger partial charge in [0.2, 0.25) is 0 Å². The molecule has 0 spiro atoms. The highest BCUT2D eigenvalue weighted by molar-refractivity contribution is 7.93. The van der Waals surface area contributed by atoms with Gasteiger partial charge in [-0.15, -0.1) is 0 Å². The molecule has 2 aliphatic rings. The fourth-order valence-electron chi connectivity index (χ4n) is 3.72. The van der Waals surface area contributed by atoms with Crippen molar-refractivity contribution in [2.75, 3.05) is 0 Å². The van der Waals surface area contributed by atoms with Gasteiger partial charge in [0.15, 0.2) is 15.5 Å². The first-order valence-electron chi connectivity index (χ1n) is 7.16. The lowest BCUT2D eigenvalue weighted by Crippen LogP contribution is -2.43. The van der Waals surface area contributed by atoms with Crippen LogP contribution in [0.25, 0.3) is 5.65 Å². The van der Waals surface area contributed by atoms with E-state index < -0.39 is 25.9 Å². The second-order valence-corrected chi connectivity index (χ2v) is 8.79. The Labute approximate surface area is 122 Å². The van der Waals surface area contributed by atoms with Crippen molar-refractivity contribution >= 4 is 15.5 Å². The number of hydrogen-bond acceptors (Lipinski definition) is 5. The molecule has 2 aromatic rings. The molecular weight excluding hydrogens is 290 g/mol. The number of sulfone groups is 1. The molecule has 0 amide bonds. The quantitative estimate of drug-likeness (QED) is 0.848. The molecule has 2 bridgehead atoms. The summed E-state index contributed by atoms with van der Waals surface area (Å²) < 4.78 is 26.0. The molecule has 1 N–H and O–H groups in total. The number of aliphatic hydroxyl groups is 1. The molecule has 6 nitrogen and oxygen atoms in total. The van der Waals surface area contributed by atoms with Gasteiger partial charge in [-0.1, -0.05) is 0 Å². The van der Waals surface area contributed by atoms with E-state index in [1.165, 1.54) is 0 Å². The van der Waals surface area contributed by atoms with Gasteiger partial charge in [-0.2, -0.15) is 5.10 Å². The topological polar surface area (TPSA) is 84.6 Å². The third kappa shape index (κ3) is 1.83. The molecule has 2 aliphatic heterocycles. The van der Waals surface area contributed by atoms with E-state index in [9.17, 15) is 13.5 Å². The fraction of sp³-hybridized carbons (Fsp3) is 0.571. The van der Waals surface area contributed by atoms with Gasteiger partial charge in [0.25, 0.3) is 0 Å². The zero-order valence-electron chi connectivity index (χ0n) is 11.7. The maximum absolute atomic E-state index is 12.2. The molecule has 4 heterocycles. The molecule has 0 saturated carbocycles. The van der Waals surface area contributed by atoms with Gasteiger partial charge < -0.3 is 5.11 Å². The number of fused-ring (bicyclic) bond motifs is 3. The average molecular weight is 307 g/mol. The Hall–Kier alpha value is -1.47. The van der Waals surface area contributed by atoms with Gasteiger partial charge in [-0.3, -0.25) is 0 Å². The van der Waals surface area contributed by atoms with Gasteiger partial charge in [0.05, 0.1) is 21.8 Å². The van der Waals surface area contributed by atoms with E-state index in [0.29, 0.717) is 18.4 Å². The number of aryl methyl sites for hydroxylation is 1. The molecule has 7 heteroatoms. The first-order chi connectivity index (χ1) is 9.88.